The number of nitrogens with two attached hydrogens (primary N) is 1. The maximum absolute atomic E-state index is 12.7. The molecular formula is C25H17Cl3N2O4. The van der Waals surface area contributed by atoms with Crippen molar-refractivity contribution in [1.29, 1.82) is 5.26 Å². The van der Waals surface area contributed by atoms with E-state index in [0.717, 1.165) is 5.56 Å². The molecule has 0 amide bonds. The predicted molar refractivity (Wildman–Crippen MR) is 130 cm³/mol. The Morgan fingerprint density at radius 1 is 1.09 bits per heavy atom. The fourth-order valence-corrected chi connectivity index (χ4v) is 4.35. The van der Waals surface area contributed by atoms with Crippen LogP contribution in [0.4, 0.5) is 0 Å². The third-order valence-electron chi connectivity index (χ3n) is 5.13. The van der Waals surface area contributed by atoms with Crippen molar-refractivity contribution in [1.82, 2.24) is 0 Å². The number of esters is 1. The smallest absolute Gasteiger partial charge is 0.343 e. The molecule has 172 valence electrons. The lowest BCUT2D eigenvalue weighted by atomic mass is 9.83. The summed E-state index contributed by atoms with van der Waals surface area (Å²) in [6.45, 7) is 2.17. The topological polar surface area (TPSA) is 94.6 Å². The number of hydrogen-bond acceptors (Lipinski definition) is 6. The highest BCUT2D eigenvalue weighted by molar-refractivity contribution is 6.37. The number of nitriles is 1. The summed E-state index contributed by atoms with van der Waals surface area (Å²) >= 11 is 18.4. The molecule has 1 aliphatic heterocycles. The molecule has 0 radical (unpaired) electrons. The molecule has 3 aromatic rings. The first-order chi connectivity index (χ1) is 16.3. The summed E-state index contributed by atoms with van der Waals surface area (Å²) in [5, 5.41) is 10.6. The van der Waals surface area contributed by atoms with Crippen LogP contribution in [0.3, 0.4) is 0 Å². The highest BCUT2D eigenvalue weighted by Crippen LogP contribution is 2.43. The van der Waals surface area contributed by atoms with Gasteiger partial charge in [-0.3, -0.25) is 0 Å². The van der Waals surface area contributed by atoms with Gasteiger partial charge in [0.25, 0.3) is 0 Å². The number of allylic oxidation sites excluding steroid dienone is 1. The van der Waals surface area contributed by atoms with Crippen molar-refractivity contribution >= 4 is 40.8 Å². The first kappa shape index (κ1) is 23.8. The monoisotopic (exact) mass is 514 g/mol. The molecule has 4 rings (SSSR count). The van der Waals surface area contributed by atoms with Gasteiger partial charge < -0.3 is 19.9 Å². The summed E-state index contributed by atoms with van der Waals surface area (Å²) in [6, 6.07) is 17.0. The summed E-state index contributed by atoms with van der Waals surface area (Å²) in [6.07, 6.45) is 0. The minimum Gasteiger partial charge on any atom is -0.491 e. The van der Waals surface area contributed by atoms with Crippen molar-refractivity contribution in [2.75, 3.05) is 6.61 Å². The Morgan fingerprint density at radius 2 is 1.76 bits per heavy atom. The van der Waals surface area contributed by atoms with E-state index in [1.54, 1.807) is 31.2 Å². The quantitative estimate of drug-likeness (QED) is 0.308. The zero-order valence-electron chi connectivity index (χ0n) is 17.8. The average Bonchev–Trinajstić information content (AvgIpc) is 2.81. The number of nitrogens with zero attached hydrogens (tertiary/aromatic N) is 1. The number of halogens is 3. The van der Waals surface area contributed by atoms with Crippen LogP contribution in [0.25, 0.3) is 0 Å². The fourth-order valence-electron chi connectivity index (χ4n) is 3.62. The third kappa shape index (κ3) is 4.64. The van der Waals surface area contributed by atoms with E-state index in [9.17, 15) is 10.1 Å². The predicted octanol–water partition coefficient (Wildman–Crippen LogP) is 6.48. The molecule has 0 aromatic heterocycles. The van der Waals surface area contributed by atoms with Crippen LogP contribution in [0.5, 0.6) is 17.2 Å². The number of ether oxygens (including phenoxy) is 3. The standard InChI is InChI=1S/C25H17Cl3N2O4/c1-2-32-23-19(27)9-14(10-20(23)28)25(31)33-16-7-8-17-21(11-16)34-24(30)18(12-29)22(17)13-3-5-15(26)6-4-13/h3-11,22H,2,30H2,1H3. The van der Waals surface area contributed by atoms with E-state index in [-0.39, 0.29) is 32.8 Å². The van der Waals surface area contributed by atoms with Crippen LogP contribution >= 0.6 is 34.8 Å². The van der Waals surface area contributed by atoms with Crippen molar-refractivity contribution in [2.24, 2.45) is 5.73 Å². The Hall–Kier alpha value is -3.37. The van der Waals surface area contributed by atoms with Gasteiger partial charge in [0.05, 0.1) is 28.1 Å². The van der Waals surface area contributed by atoms with E-state index in [1.807, 2.05) is 12.1 Å². The largest absolute Gasteiger partial charge is 0.491 e. The van der Waals surface area contributed by atoms with Crippen LogP contribution < -0.4 is 19.9 Å². The number of carbonyl (C=O) groups excluding carboxylic acids is 1. The van der Waals surface area contributed by atoms with E-state index in [2.05, 4.69) is 6.07 Å². The van der Waals surface area contributed by atoms with E-state index >= 15 is 0 Å². The lowest BCUT2D eigenvalue weighted by Crippen LogP contribution is -2.21. The van der Waals surface area contributed by atoms with Crippen LogP contribution in [0, 0.1) is 11.3 Å². The SMILES string of the molecule is CCOc1c(Cl)cc(C(=O)Oc2ccc3c(c2)OC(N)=C(C#N)C3c2ccc(Cl)cc2)cc1Cl. The van der Waals surface area contributed by atoms with Crippen molar-refractivity contribution in [2.45, 2.75) is 12.8 Å². The number of hydrogen-bond donors (Lipinski definition) is 1. The lowest BCUT2D eigenvalue weighted by molar-refractivity contribution is 0.0734. The second kappa shape index (κ2) is 9.86. The molecule has 2 N–H and O–H groups in total. The Morgan fingerprint density at radius 3 is 2.38 bits per heavy atom. The maximum atomic E-state index is 12.7. The fraction of sp³-hybridized carbons (Fsp3) is 0.120. The molecule has 3 aromatic carbocycles. The zero-order valence-corrected chi connectivity index (χ0v) is 20.0. The Labute approximate surface area is 211 Å². The van der Waals surface area contributed by atoms with Gasteiger partial charge in [0, 0.05) is 16.7 Å². The number of rotatable bonds is 5. The Balaban J connectivity index is 1.65. The highest BCUT2D eigenvalue weighted by atomic mass is 35.5. The van der Waals surface area contributed by atoms with Gasteiger partial charge in [0.2, 0.25) is 5.88 Å². The van der Waals surface area contributed by atoms with Crippen LogP contribution in [-0.4, -0.2) is 12.6 Å². The van der Waals surface area contributed by atoms with Gasteiger partial charge in [-0.2, -0.15) is 5.26 Å². The van der Waals surface area contributed by atoms with Crippen molar-refractivity contribution < 1.29 is 19.0 Å². The van der Waals surface area contributed by atoms with Gasteiger partial charge in [0.15, 0.2) is 5.75 Å². The van der Waals surface area contributed by atoms with E-state index < -0.39 is 11.9 Å². The Bertz CT molecular complexity index is 1320. The average molecular weight is 516 g/mol. The molecule has 1 atom stereocenters. The molecule has 9 heteroatoms. The minimum absolute atomic E-state index is 0.0245. The summed E-state index contributed by atoms with van der Waals surface area (Å²) in [4.78, 5) is 12.7. The molecule has 1 unspecified atom stereocenters. The molecular weight excluding hydrogens is 499 g/mol. The highest BCUT2D eigenvalue weighted by Gasteiger charge is 2.31. The second-order valence-electron chi connectivity index (χ2n) is 7.27. The first-order valence-electron chi connectivity index (χ1n) is 10.1. The van der Waals surface area contributed by atoms with Crippen molar-refractivity contribution in [3.63, 3.8) is 0 Å². The zero-order chi connectivity index (χ0) is 24.4. The number of benzene rings is 3. The van der Waals surface area contributed by atoms with Crippen LogP contribution in [0.15, 0.2) is 66.1 Å². The minimum atomic E-state index is -0.668. The lowest BCUT2D eigenvalue weighted by Gasteiger charge is -2.26. The molecule has 0 saturated carbocycles. The van der Waals surface area contributed by atoms with Crippen molar-refractivity contribution in [3.05, 3.63) is 97.8 Å². The molecule has 1 aliphatic rings. The van der Waals surface area contributed by atoms with Crippen LogP contribution in [-0.2, 0) is 0 Å². The molecule has 0 fully saturated rings. The summed E-state index contributed by atoms with van der Waals surface area (Å²) < 4.78 is 16.6. The van der Waals surface area contributed by atoms with Gasteiger partial charge >= 0.3 is 5.97 Å². The Kier molecular flexibility index (Phi) is 6.90. The molecule has 1 heterocycles. The second-order valence-corrected chi connectivity index (χ2v) is 8.52. The molecule has 6 nitrogen and oxygen atoms in total. The van der Waals surface area contributed by atoms with Crippen molar-refractivity contribution in [3.8, 4) is 23.3 Å². The maximum Gasteiger partial charge on any atom is 0.343 e. The number of fused-ring (bicyclic) bond motifs is 1. The molecule has 0 aliphatic carbocycles. The first-order valence-corrected chi connectivity index (χ1v) is 11.3. The molecule has 0 saturated heterocycles. The van der Waals surface area contributed by atoms with Gasteiger partial charge in [-0.25, -0.2) is 4.79 Å². The van der Waals surface area contributed by atoms with Gasteiger partial charge in [-0.1, -0.05) is 53.0 Å². The normalized spacial score (nSPS) is 14.6. The van der Waals surface area contributed by atoms with Gasteiger partial charge in [-0.05, 0) is 42.8 Å². The summed E-state index contributed by atoms with van der Waals surface area (Å²) in [7, 11) is 0. The van der Waals surface area contributed by atoms with Gasteiger partial charge in [0.1, 0.15) is 23.1 Å². The van der Waals surface area contributed by atoms with E-state index in [4.69, 9.17) is 54.7 Å². The van der Waals surface area contributed by atoms with Crippen LogP contribution in [0.1, 0.15) is 34.3 Å². The molecule has 0 bridgehead atoms. The molecule has 34 heavy (non-hydrogen) atoms. The molecule has 0 spiro atoms. The van der Waals surface area contributed by atoms with E-state index in [1.165, 1.54) is 18.2 Å². The summed E-state index contributed by atoms with van der Waals surface area (Å²) in [5.74, 6) is -0.271. The van der Waals surface area contributed by atoms with Crippen LogP contribution in [0.2, 0.25) is 15.1 Å². The third-order valence-corrected chi connectivity index (χ3v) is 5.94. The van der Waals surface area contributed by atoms with E-state index in [0.29, 0.717) is 28.7 Å². The summed E-state index contributed by atoms with van der Waals surface area (Å²) in [5.41, 5.74) is 7.98. The van der Waals surface area contributed by atoms with Gasteiger partial charge in [-0.15, -0.1) is 0 Å². The number of carbonyl (C=O) groups is 1.